The van der Waals surface area contributed by atoms with Crippen LogP contribution in [0.4, 0.5) is 0 Å². The van der Waals surface area contributed by atoms with Crippen LogP contribution in [0.5, 0.6) is 0 Å². The number of amides is 1. The van der Waals surface area contributed by atoms with Gasteiger partial charge in [-0.1, -0.05) is 37.3 Å². The molecule has 24 heavy (non-hydrogen) atoms. The van der Waals surface area contributed by atoms with E-state index in [4.69, 9.17) is 0 Å². The number of nitrogens with one attached hydrogen (secondary N) is 1. The van der Waals surface area contributed by atoms with Crippen LogP contribution >= 0.6 is 11.8 Å². The Morgan fingerprint density at radius 3 is 2.25 bits per heavy atom. The number of rotatable bonds is 7. The van der Waals surface area contributed by atoms with Gasteiger partial charge in [0, 0.05) is 11.2 Å². The molecule has 1 N–H and O–H groups in total. The average Bonchev–Trinajstić information content (AvgIpc) is 2.58. The molecule has 6 heteroatoms. The molecular weight excluding hydrogens is 342 g/mol. The first kappa shape index (κ1) is 18.5. The maximum atomic E-state index is 12.2. The van der Waals surface area contributed by atoms with Gasteiger partial charge >= 0.3 is 0 Å². The van der Waals surface area contributed by atoms with Crippen LogP contribution < -0.4 is 5.32 Å². The predicted molar refractivity (Wildman–Crippen MR) is 97.9 cm³/mol. The number of hydrogen-bond donors (Lipinski definition) is 1. The van der Waals surface area contributed by atoms with E-state index in [2.05, 4.69) is 5.32 Å². The maximum absolute atomic E-state index is 12.2. The number of carbonyl (C=O) groups excluding carboxylic acids is 1. The molecule has 0 fully saturated rings. The van der Waals surface area contributed by atoms with Crippen molar-refractivity contribution in [3.8, 4) is 0 Å². The molecule has 0 bridgehead atoms. The Morgan fingerprint density at radius 1 is 1.08 bits per heavy atom. The molecule has 0 aliphatic rings. The van der Waals surface area contributed by atoms with Crippen molar-refractivity contribution in [1.82, 2.24) is 5.32 Å². The van der Waals surface area contributed by atoms with Crippen LogP contribution in [-0.4, -0.2) is 26.3 Å². The molecule has 2 rings (SSSR count). The van der Waals surface area contributed by atoms with Gasteiger partial charge in [-0.2, -0.15) is 0 Å². The first-order valence-electron chi connectivity index (χ1n) is 7.67. The monoisotopic (exact) mass is 363 g/mol. The molecule has 0 radical (unpaired) electrons. The van der Waals surface area contributed by atoms with Gasteiger partial charge in [-0.15, -0.1) is 11.8 Å². The molecule has 0 aliphatic carbocycles. The van der Waals surface area contributed by atoms with Crippen LogP contribution in [0.3, 0.4) is 0 Å². The lowest BCUT2D eigenvalue weighted by Gasteiger charge is -2.17. The second kappa shape index (κ2) is 8.35. The quantitative estimate of drug-likeness (QED) is 0.765. The highest BCUT2D eigenvalue weighted by molar-refractivity contribution is 8.00. The third-order valence-corrected chi connectivity index (χ3v) is 5.71. The van der Waals surface area contributed by atoms with Crippen LogP contribution in [0, 0.1) is 0 Å². The van der Waals surface area contributed by atoms with E-state index in [-0.39, 0.29) is 16.8 Å². The van der Waals surface area contributed by atoms with Crippen molar-refractivity contribution in [3.63, 3.8) is 0 Å². The standard InChI is InChI=1S/C18H21NO3S2/c1-3-17(14-9-11-16(12-10-14)24(2,21)22)19-18(20)13-23-15-7-5-4-6-8-15/h4-12,17H,3,13H2,1-2H3,(H,19,20). The summed E-state index contributed by atoms with van der Waals surface area (Å²) in [5, 5.41) is 3.00. The fourth-order valence-corrected chi connectivity index (χ4v) is 3.63. The van der Waals surface area contributed by atoms with Gasteiger partial charge in [0.05, 0.1) is 16.7 Å². The van der Waals surface area contributed by atoms with E-state index in [1.807, 2.05) is 37.3 Å². The molecule has 0 aromatic heterocycles. The van der Waals surface area contributed by atoms with E-state index in [1.165, 1.54) is 18.0 Å². The summed E-state index contributed by atoms with van der Waals surface area (Å²) < 4.78 is 23.0. The van der Waals surface area contributed by atoms with Crippen molar-refractivity contribution < 1.29 is 13.2 Å². The zero-order valence-electron chi connectivity index (χ0n) is 13.7. The fourth-order valence-electron chi connectivity index (χ4n) is 2.27. The van der Waals surface area contributed by atoms with Crippen LogP contribution in [0.1, 0.15) is 24.9 Å². The maximum Gasteiger partial charge on any atom is 0.230 e. The number of benzene rings is 2. The summed E-state index contributed by atoms with van der Waals surface area (Å²) in [5.41, 5.74) is 0.906. The molecule has 4 nitrogen and oxygen atoms in total. The number of sulfone groups is 1. The van der Waals surface area contributed by atoms with Crippen molar-refractivity contribution in [3.05, 3.63) is 60.2 Å². The first-order valence-corrected chi connectivity index (χ1v) is 10.5. The van der Waals surface area contributed by atoms with Crippen molar-refractivity contribution in [2.24, 2.45) is 0 Å². The molecule has 0 aliphatic heterocycles. The zero-order chi connectivity index (χ0) is 17.6. The van der Waals surface area contributed by atoms with Crippen LogP contribution in [0.2, 0.25) is 0 Å². The van der Waals surface area contributed by atoms with E-state index in [9.17, 15) is 13.2 Å². The second-order valence-corrected chi connectivity index (χ2v) is 8.54. The lowest BCUT2D eigenvalue weighted by atomic mass is 10.0. The van der Waals surface area contributed by atoms with Crippen molar-refractivity contribution >= 4 is 27.5 Å². The minimum Gasteiger partial charge on any atom is -0.349 e. The summed E-state index contributed by atoms with van der Waals surface area (Å²) in [4.78, 5) is 13.5. The SMILES string of the molecule is CCC(NC(=O)CSc1ccccc1)c1ccc(S(C)(=O)=O)cc1. The average molecular weight is 364 g/mol. The summed E-state index contributed by atoms with van der Waals surface area (Å²) >= 11 is 1.49. The van der Waals surface area contributed by atoms with Gasteiger partial charge in [-0.25, -0.2) is 8.42 Å². The Bertz CT molecular complexity index is 772. The molecule has 128 valence electrons. The second-order valence-electron chi connectivity index (χ2n) is 5.47. The van der Waals surface area contributed by atoms with E-state index < -0.39 is 9.84 Å². The number of carbonyl (C=O) groups is 1. The third-order valence-electron chi connectivity index (χ3n) is 3.57. The predicted octanol–water partition coefficient (Wildman–Crippen LogP) is 3.45. The van der Waals surface area contributed by atoms with Gasteiger partial charge in [0.2, 0.25) is 5.91 Å². The summed E-state index contributed by atoms with van der Waals surface area (Å²) in [6.45, 7) is 1.99. The van der Waals surface area contributed by atoms with Gasteiger partial charge in [-0.3, -0.25) is 4.79 Å². The molecule has 0 saturated heterocycles. The van der Waals surface area contributed by atoms with E-state index in [0.717, 1.165) is 16.9 Å². The molecule has 1 atom stereocenters. The Kier molecular flexibility index (Phi) is 6.45. The van der Waals surface area contributed by atoms with Crippen molar-refractivity contribution in [2.45, 2.75) is 29.2 Å². The zero-order valence-corrected chi connectivity index (χ0v) is 15.4. The molecular formula is C18H21NO3S2. The van der Waals surface area contributed by atoms with E-state index in [1.54, 1.807) is 24.3 Å². The molecule has 0 heterocycles. The van der Waals surface area contributed by atoms with Gasteiger partial charge < -0.3 is 5.32 Å². The molecule has 0 spiro atoms. The highest BCUT2D eigenvalue weighted by Crippen LogP contribution is 2.21. The van der Waals surface area contributed by atoms with Crippen molar-refractivity contribution in [2.75, 3.05) is 12.0 Å². The highest BCUT2D eigenvalue weighted by Gasteiger charge is 2.14. The highest BCUT2D eigenvalue weighted by atomic mass is 32.2. The summed E-state index contributed by atoms with van der Waals surface area (Å²) in [6.07, 6.45) is 1.92. The van der Waals surface area contributed by atoms with Gasteiger partial charge in [0.25, 0.3) is 0 Å². The van der Waals surface area contributed by atoms with Crippen molar-refractivity contribution in [1.29, 1.82) is 0 Å². The van der Waals surface area contributed by atoms with Crippen LogP contribution in [0.15, 0.2) is 64.4 Å². The number of thioether (sulfide) groups is 1. The first-order chi connectivity index (χ1) is 11.4. The molecule has 2 aromatic rings. The van der Waals surface area contributed by atoms with E-state index >= 15 is 0 Å². The van der Waals surface area contributed by atoms with E-state index in [0.29, 0.717) is 5.75 Å². The normalized spacial score (nSPS) is 12.6. The molecule has 1 amide bonds. The minimum atomic E-state index is -3.20. The minimum absolute atomic E-state index is 0.0390. The molecule has 2 aromatic carbocycles. The van der Waals surface area contributed by atoms with Gasteiger partial charge in [0.15, 0.2) is 9.84 Å². The lowest BCUT2D eigenvalue weighted by Crippen LogP contribution is -2.29. The third kappa shape index (κ3) is 5.39. The summed E-state index contributed by atoms with van der Waals surface area (Å²) in [6, 6.07) is 16.3. The topological polar surface area (TPSA) is 63.2 Å². The molecule has 1 unspecified atom stereocenters. The molecule has 0 saturated carbocycles. The summed E-state index contributed by atoms with van der Waals surface area (Å²) in [5.74, 6) is 0.310. The Balaban J connectivity index is 1.97. The largest absolute Gasteiger partial charge is 0.349 e. The smallest absolute Gasteiger partial charge is 0.230 e. The fraction of sp³-hybridized carbons (Fsp3) is 0.278. The lowest BCUT2D eigenvalue weighted by molar-refractivity contribution is -0.119. The van der Waals surface area contributed by atoms with Crippen LogP contribution in [0.25, 0.3) is 0 Å². The van der Waals surface area contributed by atoms with Gasteiger partial charge in [-0.05, 0) is 36.2 Å². The Morgan fingerprint density at radius 2 is 1.71 bits per heavy atom. The summed E-state index contributed by atoms with van der Waals surface area (Å²) in [7, 11) is -3.20. The van der Waals surface area contributed by atoms with Gasteiger partial charge in [0.1, 0.15) is 0 Å². The number of hydrogen-bond acceptors (Lipinski definition) is 4. The van der Waals surface area contributed by atoms with Crippen LogP contribution in [-0.2, 0) is 14.6 Å². The Hall–Kier alpha value is -1.79. The Labute approximate surface area is 147 Å².